The molecule has 0 bridgehead atoms. The minimum Gasteiger partial charge on any atom is -0.352 e. The van der Waals surface area contributed by atoms with Crippen LogP contribution in [0.25, 0.3) is 0 Å². The summed E-state index contributed by atoms with van der Waals surface area (Å²) in [6.45, 7) is 4.25. The molecule has 7 heteroatoms. The summed E-state index contributed by atoms with van der Waals surface area (Å²) in [4.78, 5) is 11.9. The van der Waals surface area contributed by atoms with E-state index in [1.807, 2.05) is 6.92 Å². The van der Waals surface area contributed by atoms with Gasteiger partial charge in [0.1, 0.15) is 0 Å². The number of hydrogen-bond acceptors (Lipinski definition) is 3. The number of sulfonamides is 1. The molecule has 0 aliphatic carbocycles. The van der Waals surface area contributed by atoms with Crippen molar-refractivity contribution in [2.24, 2.45) is 0 Å². The van der Waals surface area contributed by atoms with E-state index in [-0.39, 0.29) is 11.7 Å². The molecule has 0 aliphatic heterocycles. The summed E-state index contributed by atoms with van der Waals surface area (Å²) in [6.07, 6.45) is 0.564. The maximum Gasteiger partial charge on any atom is 0.251 e. The second-order valence-corrected chi connectivity index (χ2v) is 7.57. The second-order valence-electron chi connectivity index (χ2n) is 4.80. The third-order valence-corrected chi connectivity index (χ3v) is 5.48. The van der Waals surface area contributed by atoms with Gasteiger partial charge in [-0.15, -0.1) is 0 Å². The molecule has 0 saturated carbocycles. The lowest BCUT2D eigenvalue weighted by Gasteiger charge is -2.15. The summed E-state index contributed by atoms with van der Waals surface area (Å²) < 4.78 is 24.4. The number of rotatable bonds is 7. The van der Waals surface area contributed by atoms with E-state index >= 15 is 0 Å². The van der Waals surface area contributed by atoms with Gasteiger partial charge >= 0.3 is 0 Å². The molecular weight excluding hydrogens is 312 g/mol. The molecule has 1 N–H and O–H groups in total. The van der Waals surface area contributed by atoms with Crippen molar-refractivity contribution < 1.29 is 13.2 Å². The van der Waals surface area contributed by atoms with Crippen molar-refractivity contribution in [3.63, 3.8) is 0 Å². The Morgan fingerprint density at radius 3 is 2.62 bits per heavy atom. The van der Waals surface area contributed by atoms with Gasteiger partial charge in [0.15, 0.2) is 0 Å². The molecule has 0 spiro atoms. The Morgan fingerprint density at radius 1 is 1.38 bits per heavy atom. The van der Waals surface area contributed by atoms with Gasteiger partial charge in [0.25, 0.3) is 5.91 Å². The van der Waals surface area contributed by atoms with Crippen molar-refractivity contribution in [2.75, 3.05) is 25.9 Å². The molecule has 1 aromatic carbocycles. The SMILES string of the molecule is CCS(=O)(=O)N(C)CCCNC(=O)c1ccc(Cl)c(C)c1. The number of amides is 1. The summed E-state index contributed by atoms with van der Waals surface area (Å²) in [5.41, 5.74) is 1.39. The molecule has 21 heavy (non-hydrogen) atoms. The quantitative estimate of drug-likeness (QED) is 0.777. The Hall–Kier alpha value is -1.11. The molecule has 1 amide bonds. The summed E-state index contributed by atoms with van der Waals surface area (Å²) in [7, 11) is -1.61. The topological polar surface area (TPSA) is 66.5 Å². The molecule has 1 rings (SSSR count). The molecular formula is C14H21ClN2O3S. The summed E-state index contributed by atoms with van der Waals surface area (Å²) in [5.74, 6) is -0.101. The Balaban J connectivity index is 2.42. The van der Waals surface area contributed by atoms with Crippen LogP contribution >= 0.6 is 11.6 Å². The Kier molecular flexibility index (Phi) is 6.64. The third kappa shape index (κ3) is 5.30. The number of nitrogens with zero attached hydrogens (tertiary/aromatic N) is 1. The molecule has 0 saturated heterocycles. The zero-order valence-corrected chi connectivity index (χ0v) is 14.1. The van der Waals surface area contributed by atoms with Gasteiger partial charge in [0.2, 0.25) is 10.0 Å². The largest absolute Gasteiger partial charge is 0.352 e. The third-order valence-electron chi connectivity index (χ3n) is 3.20. The van der Waals surface area contributed by atoms with Gasteiger partial charge in [-0.3, -0.25) is 4.79 Å². The fourth-order valence-corrected chi connectivity index (χ4v) is 2.72. The first kappa shape index (κ1) is 17.9. The number of benzene rings is 1. The average Bonchev–Trinajstić information content (AvgIpc) is 2.45. The Labute approximate surface area is 131 Å². The van der Waals surface area contributed by atoms with E-state index in [2.05, 4.69) is 5.32 Å². The lowest BCUT2D eigenvalue weighted by atomic mass is 10.1. The minimum atomic E-state index is -3.16. The Morgan fingerprint density at radius 2 is 2.05 bits per heavy atom. The van der Waals surface area contributed by atoms with E-state index in [9.17, 15) is 13.2 Å². The molecule has 0 heterocycles. The highest BCUT2D eigenvalue weighted by atomic mass is 35.5. The number of carbonyl (C=O) groups is 1. The zero-order valence-electron chi connectivity index (χ0n) is 12.5. The summed E-state index contributed by atoms with van der Waals surface area (Å²) in [6, 6.07) is 5.08. The van der Waals surface area contributed by atoms with Crippen molar-refractivity contribution in [3.05, 3.63) is 34.3 Å². The van der Waals surface area contributed by atoms with Crippen LogP contribution in [0.4, 0.5) is 0 Å². The van der Waals surface area contributed by atoms with Crippen LogP contribution in [0.1, 0.15) is 29.3 Å². The lowest BCUT2D eigenvalue weighted by Crippen LogP contribution is -2.32. The van der Waals surface area contributed by atoms with Gasteiger partial charge in [-0.1, -0.05) is 11.6 Å². The first-order chi connectivity index (χ1) is 9.77. The van der Waals surface area contributed by atoms with Crippen LogP contribution in [-0.2, 0) is 10.0 Å². The van der Waals surface area contributed by atoms with Crippen LogP contribution in [0.5, 0.6) is 0 Å². The van der Waals surface area contributed by atoms with Gasteiger partial charge in [-0.05, 0) is 44.0 Å². The van der Waals surface area contributed by atoms with Gasteiger partial charge in [-0.2, -0.15) is 0 Å². The highest BCUT2D eigenvalue weighted by Crippen LogP contribution is 2.16. The zero-order chi connectivity index (χ0) is 16.0. The van der Waals surface area contributed by atoms with E-state index in [4.69, 9.17) is 11.6 Å². The van der Waals surface area contributed by atoms with Crippen molar-refractivity contribution in [2.45, 2.75) is 20.3 Å². The predicted molar refractivity (Wildman–Crippen MR) is 85.2 cm³/mol. The van der Waals surface area contributed by atoms with Crippen LogP contribution < -0.4 is 5.32 Å². The van der Waals surface area contributed by atoms with Gasteiger partial charge in [0.05, 0.1) is 5.75 Å². The highest BCUT2D eigenvalue weighted by molar-refractivity contribution is 7.89. The van der Waals surface area contributed by atoms with Crippen LogP contribution in [0.15, 0.2) is 18.2 Å². The number of halogens is 1. The standard InChI is InChI=1S/C14H21ClN2O3S/c1-4-21(19,20)17(3)9-5-8-16-14(18)12-6-7-13(15)11(2)10-12/h6-7,10H,4-5,8-9H2,1-3H3,(H,16,18). The molecule has 1 aromatic rings. The van der Waals surface area contributed by atoms with Crippen molar-refractivity contribution in [1.82, 2.24) is 9.62 Å². The summed E-state index contributed by atoms with van der Waals surface area (Å²) in [5, 5.41) is 3.39. The van der Waals surface area contributed by atoms with Crippen molar-refractivity contribution >= 4 is 27.5 Å². The summed E-state index contributed by atoms with van der Waals surface area (Å²) >= 11 is 5.91. The fourth-order valence-electron chi connectivity index (χ4n) is 1.75. The maximum absolute atomic E-state index is 11.9. The number of carbonyl (C=O) groups excluding carboxylic acids is 1. The lowest BCUT2D eigenvalue weighted by molar-refractivity contribution is 0.0953. The highest BCUT2D eigenvalue weighted by Gasteiger charge is 2.14. The molecule has 0 fully saturated rings. The normalized spacial score (nSPS) is 11.7. The molecule has 0 atom stereocenters. The average molecular weight is 333 g/mol. The molecule has 5 nitrogen and oxygen atoms in total. The number of aryl methyl sites for hydroxylation is 1. The number of nitrogens with one attached hydrogen (secondary N) is 1. The smallest absolute Gasteiger partial charge is 0.251 e. The predicted octanol–water partition coefficient (Wildman–Crippen LogP) is 2.05. The molecule has 0 aliphatic rings. The first-order valence-corrected chi connectivity index (χ1v) is 8.75. The molecule has 0 unspecified atom stereocenters. The van der Waals surface area contributed by atoms with E-state index in [1.165, 1.54) is 4.31 Å². The van der Waals surface area contributed by atoms with E-state index in [1.54, 1.807) is 32.2 Å². The van der Waals surface area contributed by atoms with E-state index in [0.29, 0.717) is 30.1 Å². The number of hydrogen-bond donors (Lipinski definition) is 1. The molecule has 118 valence electrons. The van der Waals surface area contributed by atoms with E-state index in [0.717, 1.165) is 5.56 Å². The van der Waals surface area contributed by atoms with Crippen LogP contribution in [0.3, 0.4) is 0 Å². The van der Waals surface area contributed by atoms with Crippen molar-refractivity contribution in [1.29, 1.82) is 0 Å². The maximum atomic E-state index is 11.9. The fraction of sp³-hybridized carbons (Fsp3) is 0.500. The van der Waals surface area contributed by atoms with Gasteiger partial charge < -0.3 is 5.32 Å². The van der Waals surface area contributed by atoms with E-state index < -0.39 is 10.0 Å². The Bertz CT molecular complexity index is 602. The minimum absolute atomic E-state index is 0.0832. The second kappa shape index (κ2) is 7.77. The van der Waals surface area contributed by atoms with Gasteiger partial charge in [-0.25, -0.2) is 12.7 Å². The van der Waals surface area contributed by atoms with Gasteiger partial charge in [0, 0.05) is 30.7 Å². The van der Waals surface area contributed by atoms with Crippen LogP contribution in [0, 0.1) is 6.92 Å². The monoisotopic (exact) mass is 332 g/mol. The molecule has 0 aromatic heterocycles. The first-order valence-electron chi connectivity index (χ1n) is 6.76. The van der Waals surface area contributed by atoms with Crippen LogP contribution in [0.2, 0.25) is 5.02 Å². The van der Waals surface area contributed by atoms with Crippen LogP contribution in [-0.4, -0.2) is 44.5 Å². The van der Waals surface area contributed by atoms with Crippen molar-refractivity contribution in [3.8, 4) is 0 Å². The molecule has 0 radical (unpaired) electrons.